The number of esters is 1. The third-order valence-corrected chi connectivity index (χ3v) is 3.13. The number of carbonyl (C=O) groups is 2. The number of rotatable bonds is 7. The summed E-state index contributed by atoms with van der Waals surface area (Å²) in [5.74, 6) is -0.544. The van der Waals surface area contributed by atoms with E-state index in [1.54, 1.807) is 27.7 Å². The van der Waals surface area contributed by atoms with Crippen LogP contribution in [0.5, 0.6) is 0 Å². The van der Waals surface area contributed by atoms with Crippen LogP contribution in [0.15, 0.2) is 42.5 Å². The van der Waals surface area contributed by atoms with Crippen molar-refractivity contribution < 1.29 is 24.2 Å². The van der Waals surface area contributed by atoms with Gasteiger partial charge in [0.15, 0.2) is 0 Å². The van der Waals surface area contributed by atoms with Crippen molar-refractivity contribution in [1.82, 2.24) is 5.32 Å². The SMILES string of the molecule is CCOC(=O)/C=C/[C@H](O)[C@H](Cc1ccccc1)NC(=O)OC(C)(C)C. The molecule has 0 aromatic heterocycles. The Hall–Kier alpha value is -2.34. The molecule has 0 radical (unpaired) electrons. The molecule has 1 aromatic carbocycles. The van der Waals surface area contributed by atoms with Gasteiger partial charge in [0, 0.05) is 6.08 Å². The summed E-state index contributed by atoms with van der Waals surface area (Å²) in [6.07, 6.45) is 1.15. The maximum absolute atomic E-state index is 12.0. The smallest absolute Gasteiger partial charge is 0.407 e. The first-order chi connectivity index (χ1) is 11.7. The highest BCUT2D eigenvalue weighted by molar-refractivity contribution is 5.82. The predicted octanol–water partition coefficient (Wildman–Crippen LogP) is 2.60. The first-order valence-electron chi connectivity index (χ1n) is 8.27. The highest BCUT2D eigenvalue weighted by atomic mass is 16.6. The summed E-state index contributed by atoms with van der Waals surface area (Å²) in [5.41, 5.74) is 0.291. The van der Waals surface area contributed by atoms with Gasteiger partial charge in [-0.15, -0.1) is 0 Å². The van der Waals surface area contributed by atoms with Crippen LogP contribution < -0.4 is 5.32 Å². The van der Waals surface area contributed by atoms with E-state index in [1.807, 2.05) is 30.3 Å². The molecular weight excluding hydrogens is 322 g/mol. The van der Waals surface area contributed by atoms with E-state index in [9.17, 15) is 14.7 Å². The largest absolute Gasteiger partial charge is 0.463 e. The lowest BCUT2D eigenvalue weighted by Gasteiger charge is -2.25. The van der Waals surface area contributed by atoms with E-state index in [0.717, 1.165) is 11.6 Å². The van der Waals surface area contributed by atoms with Gasteiger partial charge in [0.25, 0.3) is 0 Å². The third kappa shape index (κ3) is 8.91. The van der Waals surface area contributed by atoms with Gasteiger partial charge in [-0.2, -0.15) is 0 Å². The van der Waals surface area contributed by atoms with Gasteiger partial charge in [0.05, 0.1) is 18.8 Å². The summed E-state index contributed by atoms with van der Waals surface area (Å²) < 4.78 is 10.0. The molecular formula is C19H27NO5. The van der Waals surface area contributed by atoms with E-state index in [0.29, 0.717) is 6.42 Å². The molecule has 0 unspecified atom stereocenters. The highest BCUT2D eigenvalue weighted by Crippen LogP contribution is 2.11. The van der Waals surface area contributed by atoms with E-state index in [-0.39, 0.29) is 6.61 Å². The fourth-order valence-corrected chi connectivity index (χ4v) is 2.09. The topological polar surface area (TPSA) is 84.9 Å². The lowest BCUT2D eigenvalue weighted by Crippen LogP contribution is -2.46. The molecule has 0 saturated carbocycles. The Morgan fingerprint density at radius 3 is 2.44 bits per heavy atom. The number of carbonyl (C=O) groups excluding carboxylic acids is 2. The Kier molecular flexibility index (Phi) is 8.15. The van der Waals surface area contributed by atoms with Crippen LogP contribution in [0, 0.1) is 0 Å². The van der Waals surface area contributed by atoms with Gasteiger partial charge in [0.1, 0.15) is 5.60 Å². The van der Waals surface area contributed by atoms with Gasteiger partial charge in [-0.25, -0.2) is 9.59 Å². The van der Waals surface area contributed by atoms with Crippen LogP contribution in [0.1, 0.15) is 33.3 Å². The van der Waals surface area contributed by atoms with Crippen molar-refractivity contribution in [2.75, 3.05) is 6.61 Å². The number of benzene rings is 1. The van der Waals surface area contributed by atoms with E-state index in [1.165, 1.54) is 6.08 Å². The summed E-state index contributed by atoms with van der Waals surface area (Å²) in [4.78, 5) is 23.5. The van der Waals surface area contributed by atoms with Crippen molar-refractivity contribution in [3.8, 4) is 0 Å². The van der Waals surface area contributed by atoms with Crippen LogP contribution in [0.25, 0.3) is 0 Å². The summed E-state index contributed by atoms with van der Waals surface area (Å²) in [7, 11) is 0. The van der Waals surface area contributed by atoms with Crippen LogP contribution in [-0.4, -0.2) is 41.5 Å². The zero-order valence-electron chi connectivity index (χ0n) is 15.2. The molecule has 0 heterocycles. The molecule has 0 saturated heterocycles. The maximum atomic E-state index is 12.0. The molecule has 0 aliphatic carbocycles. The molecule has 138 valence electrons. The van der Waals surface area contributed by atoms with Gasteiger partial charge in [0.2, 0.25) is 0 Å². The van der Waals surface area contributed by atoms with Crippen molar-refractivity contribution in [1.29, 1.82) is 0 Å². The Morgan fingerprint density at radius 2 is 1.88 bits per heavy atom. The molecule has 6 nitrogen and oxygen atoms in total. The second-order valence-electron chi connectivity index (χ2n) is 6.54. The Bertz CT molecular complexity index is 577. The van der Waals surface area contributed by atoms with Crippen molar-refractivity contribution in [2.24, 2.45) is 0 Å². The molecule has 2 atom stereocenters. The summed E-state index contributed by atoms with van der Waals surface area (Å²) in [6.45, 7) is 7.23. The van der Waals surface area contributed by atoms with Gasteiger partial charge in [-0.3, -0.25) is 0 Å². The summed E-state index contributed by atoms with van der Waals surface area (Å²) >= 11 is 0. The lowest BCUT2D eigenvalue weighted by atomic mass is 10.0. The zero-order valence-corrected chi connectivity index (χ0v) is 15.2. The van der Waals surface area contributed by atoms with Crippen LogP contribution >= 0.6 is 0 Å². The Morgan fingerprint density at radius 1 is 1.24 bits per heavy atom. The number of alkyl carbamates (subject to hydrolysis) is 1. The van der Waals surface area contributed by atoms with Crippen LogP contribution in [0.2, 0.25) is 0 Å². The fourth-order valence-electron chi connectivity index (χ4n) is 2.09. The number of aliphatic hydroxyl groups excluding tert-OH is 1. The highest BCUT2D eigenvalue weighted by Gasteiger charge is 2.23. The van der Waals surface area contributed by atoms with Crippen molar-refractivity contribution in [2.45, 2.75) is 51.9 Å². The monoisotopic (exact) mass is 349 g/mol. The predicted molar refractivity (Wildman–Crippen MR) is 95.1 cm³/mol. The number of hydrogen-bond acceptors (Lipinski definition) is 5. The van der Waals surface area contributed by atoms with Gasteiger partial charge in [-0.1, -0.05) is 30.3 Å². The van der Waals surface area contributed by atoms with E-state index in [4.69, 9.17) is 9.47 Å². The van der Waals surface area contributed by atoms with Crippen LogP contribution in [0.4, 0.5) is 4.79 Å². The molecule has 1 aromatic rings. The van der Waals surface area contributed by atoms with Crippen molar-refractivity contribution in [3.05, 3.63) is 48.0 Å². The molecule has 1 amide bonds. The van der Waals surface area contributed by atoms with Crippen LogP contribution in [-0.2, 0) is 20.7 Å². The normalized spacial score (nSPS) is 14.0. The minimum Gasteiger partial charge on any atom is -0.463 e. The van der Waals surface area contributed by atoms with E-state index >= 15 is 0 Å². The molecule has 1 rings (SSSR count). The van der Waals surface area contributed by atoms with Gasteiger partial charge >= 0.3 is 12.1 Å². The fraction of sp³-hybridized carbons (Fsp3) is 0.474. The van der Waals surface area contributed by atoms with Crippen molar-refractivity contribution in [3.63, 3.8) is 0 Å². The zero-order chi connectivity index (χ0) is 18.9. The molecule has 0 fully saturated rings. The minimum atomic E-state index is -1.07. The maximum Gasteiger partial charge on any atom is 0.407 e. The standard InChI is InChI=1S/C19H27NO5/c1-5-24-17(22)12-11-16(21)15(13-14-9-7-6-8-10-14)20-18(23)25-19(2,3)4/h6-12,15-16,21H,5,13H2,1-4H3,(H,20,23)/b12-11+/t15-,16-/m0/s1. The minimum absolute atomic E-state index is 0.253. The molecule has 6 heteroatoms. The Balaban J connectivity index is 2.82. The molecule has 2 N–H and O–H groups in total. The second kappa shape index (κ2) is 9.84. The molecule has 0 aliphatic heterocycles. The molecule has 0 spiro atoms. The summed E-state index contributed by atoms with van der Waals surface area (Å²) in [5, 5.41) is 13.0. The second-order valence-corrected chi connectivity index (χ2v) is 6.54. The van der Waals surface area contributed by atoms with Gasteiger partial charge < -0.3 is 19.9 Å². The molecule has 0 aliphatic rings. The molecule has 0 bridgehead atoms. The first kappa shape index (κ1) is 20.7. The number of ether oxygens (including phenoxy) is 2. The Labute approximate surface area is 148 Å². The number of aliphatic hydroxyl groups is 1. The van der Waals surface area contributed by atoms with Crippen LogP contribution in [0.3, 0.4) is 0 Å². The van der Waals surface area contributed by atoms with Gasteiger partial charge in [-0.05, 0) is 45.8 Å². The first-order valence-corrected chi connectivity index (χ1v) is 8.27. The number of amides is 1. The molecule has 25 heavy (non-hydrogen) atoms. The third-order valence-electron chi connectivity index (χ3n) is 3.13. The van der Waals surface area contributed by atoms with Crippen molar-refractivity contribution >= 4 is 12.1 Å². The van der Waals surface area contributed by atoms with E-state index < -0.39 is 29.8 Å². The average molecular weight is 349 g/mol. The lowest BCUT2D eigenvalue weighted by molar-refractivity contribution is -0.137. The average Bonchev–Trinajstić information content (AvgIpc) is 2.51. The summed E-state index contributed by atoms with van der Waals surface area (Å²) in [6, 6.07) is 8.78. The number of hydrogen-bond donors (Lipinski definition) is 2. The van der Waals surface area contributed by atoms with E-state index in [2.05, 4.69) is 5.32 Å². The number of nitrogens with one attached hydrogen (secondary N) is 1. The quantitative estimate of drug-likeness (QED) is 0.584.